The molecule has 0 saturated heterocycles. The Kier molecular flexibility index (Phi) is 3.17. The molecule has 0 amide bonds. The third kappa shape index (κ3) is 1.91. The predicted molar refractivity (Wildman–Crippen MR) is 58.0 cm³/mol. The van der Waals surface area contributed by atoms with E-state index in [-0.39, 0.29) is 6.54 Å². The molecule has 88 valence electrons. The SMILES string of the molecule is COc1cc2c(c(C(O)CN)c1)OCCO2. The third-order valence-corrected chi connectivity index (χ3v) is 2.46. The van der Waals surface area contributed by atoms with E-state index in [2.05, 4.69) is 0 Å². The smallest absolute Gasteiger partial charge is 0.167 e. The fourth-order valence-electron chi connectivity index (χ4n) is 1.65. The quantitative estimate of drug-likeness (QED) is 0.781. The van der Waals surface area contributed by atoms with E-state index in [1.807, 2.05) is 0 Å². The van der Waals surface area contributed by atoms with Gasteiger partial charge in [0.05, 0.1) is 13.2 Å². The molecule has 0 aliphatic carbocycles. The van der Waals surface area contributed by atoms with E-state index in [0.717, 1.165) is 0 Å². The summed E-state index contributed by atoms with van der Waals surface area (Å²) in [6.07, 6.45) is -0.773. The topological polar surface area (TPSA) is 73.9 Å². The molecule has 1 aliphatic rings. The molecule has 5 nitrogen and oxygen atoms in total. The number of aliphatic hydroxyl groups excluding tert-OH is 1. The summed E-state index contributed by atoms with van der Waals surface area (Å²) >= 11 is 0. The Morgan fingerprint density at radius 1 is 1.44 bits per heavy atom. The number of hydrogen-bond acceptors (Lipinski definition) is 5. The average Bonchev–Trinajstić information content (AvgIpc) is 2.36. The van der Waals surface area contributed by atoms with Crippen molar-refractivity contribution in [2.75, 3.05) is 26.9 Å². The minimum absolute atomic E-state index is 0.128. The van der Waals surface area contributed by atoms with E-state index >= 15 is 0 Å². The Hall–Kier alpha value is -1.46. The van der Waals surface area contributed by atoms with Crippen molar-refractivity contribution >= 4 is 0 Å². The number of aliphatic hydroxyl groups is 1. The van der Waals surface area contributed by atoms with Gasteiger partial charge in [-0.3, -0.25) is 0 Å². The van der Waals surface area contributed by atoms with Crippen LogP contribution in [-0.2, 0) is 0 Å². The fraction of sp³-hybridized carbons (Fsp3) is 0.455. The number of nitrogens with two attached hydrogens (primary N) is 1. The lowest BCUT2D eigenvalue weighted by molar-refractivity contribution is 0.148. The summed E-state index contributed by atoms with van der Waals surface area (Å²) in [5.41, 5.74) is 6.05. The molecule has 1 aliphatic heterocycles. The number of rotatable bonds is 3. The van der Waals surface area contributed by atoms with Gasteiger partial charge in [-0.1, -0.05) is 0 Å². The number of methoxy groups -OCH3 is 1. The van der Waals surface area contributed by atoms with Gasteiger partial charge in [-0.15, -0.1) is 0 Å². The Morgan fingerprint density at radius 3 is 2.88 bits per heavy atom. The molecule has 1 unspecified atom stereocenters. The second kappa shape index (κ2) is 4.59. The van der Waals surface area contributed by atoms with E-state index in [4.69, 9.17) is 19.9 Å². The lowest BCUT2D eigenvalue weighted by Crippen LogP contribution is -2.19. The predicted octanol–water partition coefficient (Wildman–Crippen LogP) is 0.459. The summed E-state index contributed by atoms with van der Waals surface area (Å²) in [6, 6.07) is 3.45. The molecule has 5 heteroatoms. The first-order valence-corrected chi connectivity index (χ1v) is 5.12. The van der Waals surface area contributed by atoms with Gasteiger partial charge in [-0.25, -0.2) is 0 Å². The average molecular weight is 225 g/mol. The number of ether oxygens (including phenoxy) is 3. The van der Waals surface area contributed by atoms with Gasteiger partial charge in [0.15, 0.2) is 11.5 Å². The molecule has 0 aromatic heterocycles. The summed E-state index contributed by atoms with van der Waals surface area (Å²) in [5, 5.41) is 9.79. The standard InChI is InChI=1S/C11H15NO4/c1-14-7-4-8(9(13)6-12)11-10(5-7)15-2-3-16-11/h4-5,9,13H,2-3,6,12H2,1H3. The first kappa shape index (κ1) is 11.0. The Labute approximate surface area is 93.7 Å². The molecule has 2 rings (SSSR count). The lowest BCUT2D eigenvalue weighted by atomic mass is 10.1. The molecule has 1 aromatic rings. The van der Waals surface area contributed by atoms with Crippen molar-refractivity contribution in [1.29, 1.82) is 0 Å². The van der Waals surface area contributed by atoms with E-state index in [0.29, 0.717) is 36.0 Å². The third-order valence-electron chi connectivity index (χ3n) is 2.46. The van der Waals surface area contributed by atoms with Crippen LogP contribution in [0.5, 0.6) is 17.2 Å². The normalized spacial score (nSPS) is 15.7. The molecule has 1 atom stereocenters. The number of hydrogen-bond donors (Lipinski definition) is 2. The summed E-state index contributed by atoms with van der Waals surface area (Å²) in [6.45, 7) is 1.10. The second-order valence-electron chi connectivity index (χ2n) is 3.49. The largest absolute Gasteiger partial charge is 0.497 e. The molecule has 0 bridgehead atoms. The Balaban J connectivity index is 2.47. The molecule has 0 radical (unpaired) electrons. The summed E-state index contributed by atoms with van der Waals surface area (Å²) in [4.78, 5) is 0. The zero-order valence-corrected chi connectivity index (χ0v) is 9.10. The van der Waals surface area contributed by atoms with Crippen LogP contribution in [0, 0.1) is 0 Å². The first-order valence-electron chi connectivity index (χ1n) is 5.12. The zero-order valence-electron chi connectivity index (χ0n) is 9.10. The molecule has 1 aromatic carbocycles. The highest BCUT2D eigenvalue weighted by Crippen LogP contribution is 2.40. The minimum Gasteiger partial charge on any atom is -0.497 e. The van der Waals surface area contributed by atoms with Crippen LogP contribution in [0.1, 0.15) is 11.7 Å². The maximum absolute atomic E-state index is 9.79. The van der Waals surface area contributed by atoms with Crippen molar-refractivity contribution in [1.82, 2.24) is 0 Å². The van der Waals surface area contributed by atoms with Gasteiger partial charge in [0, 0.05) is 18.2 Å². The molecule has 0 fully saturated rings. The maximum atomic E-state index is 9.79. The van der Waals surface area contributed by atoms with Crippen molar-refractivity contribution in [2.24, 2.45) is 5.73 Å². The highest BCUT2D eigenvalue weighted by molar-refractivity contribution is 5.53. The van der Waals surface area contributed by atoms with Crippen LogP contribution >= 0.6 is 0 Å². The second-order valence-corrected chi connectivity index (χ2v) is 3.49. The van der Waals surface area contributed by atoms with E-state index in [9.17, 15) is 5.11 Å². The molecule has 1 heterocycles. The Bertz CT molecular complexity index is 380. The van der Waals surface area contributed by atoms with E-state index < -0.39 is 6.10 Å². The molecule has 0 saturated carbocycles. The molecule has 0 spiro atoms. The fourth-order valence-corrected chi connectivity index (χ4v) is 1.65. The van der Waals surface area contributed by atoms with Crippen LogP contribution in [0.3, 0.4) is 0 Å². The van der Waals surface area contributed by atoms with Gasteiger partial charge < -0.3 is 25.1 Å². The molecular formula is C11H15NO4. The number of benzene rings is 1. The summed E-state index contributed by atoms with van der Waals surface area (Å²) < 4.78 is 16.1. The van der Waals surface area contributed by atoms with Crippen LogP contribution in [0.25, 0.3) is 0 Å². The summed E-state index contributed by atoms with van der Waals surface area (Å²) in [5.74, 6) is 1.77. The van der Waals surface area contributed by atoms with Crippen LogP contribution < -0.4 is 19.9 Å². The van der Waals surface area contributed by atoms with E-state index in [1.165, 1.54) is 0 Å². The van der Waals surface area contributed by atoms with Gasteiger partial charge in [0.1, 0.15) is 19.0 Å². The monoisotopic (exact) mass is 225 g/mol. The minimum atomic E-state index is -0.773. The Morgan fingerprint density at radius 2 is 2.19 bits per heavy atom. The van der Waals surface area contributed by atoms with Crippen molar-refractivity contribution in [3.63, 3.8) is 0 Å². The zero-order chi connectivity index (χ0) is 11.5. The van der Waals surface area contributed by atoms with Crippen molar-refractivity contribution in [3.8, 4) is 17.2 Å². The van der Waals surface area contributed by atoms with Gasteiger partial charge >= 0.3 is 0 Å². The van der Waals surface area contributed by atoms with Gasteiger partial charge in [0.2, 0.25) is 0 Å². The van der Waals surface area contributed by atoms with Crippen molar-refractivity contribution in [2.45, 2.75) is 6.10 Å². The molecular weight excluding hydrogens is 210 g/mol. The molecule has 16 heavy (non-hydrogen) atoms. The first-order chi connectivity index (χ1) is 7.76. The van der Waals surface area contributed by atoms with Gasteiger partial charge in [-0.05, 0) is 6.07 Å². The van der Waals surface area contributed by atoms with Crippen LogP contribution in [-0.4, -0.2) is 32.0 Å². The van der Waals surface area contributed by atoms with Crippen molar-refractivity contribution < 1.29 is 19.3 Å². The summed E-state index contributed by atoms with van der Waals surface area (Å²) in [7, 11) is 1.56. The highest BCUT2D eigenvalue weighted by Gasteiger charge is 2.21. The van der Waals surface area contributed by atoms with Crippen molar-refractivity contribution in [3.05, 3.63) is 17.7 Å². The lowest BCUT2D eigenvalue weighted by Gasteiger charge is -2.23. The number of fused-ring (bicyclic) bond motifs is 1. The van der Waals surface area contributed by atoms with Gasteiger partial charge in [0.25, 0.3) is 0 Å². The van der Waals surface area contributed by atoms with Crippen LogP contribution in [0.4, 0.5) is 0 Å². The van der Waals surface area contributed by atoms with Crippen LogP contribution in [0.2, 0.25) is 0 Å². The maximum Gasteiger partial charge on any atom is 0.167 e. The molecule has 3 N–H and O–H groups in total. The highest BCUT2D eigenvalue weighted by atomic mass is 16.6. The van der Waals surface area contributed by atoms with Crippen LogP contribution in [0.15, 0.2) is 12.1 Å². The van der Waals surface area contributed by atoms with E-state index in [1.54, 1.807) is 19.2 Å². The van der Waals surface area contributed by atoms with Gasteiger partial charge in [-0.2, -0.15) is 0 Å².